The summed E-state index contributed by atoms with van der Waals surface area (Å²) in [5.41, 5.74) is -0.318. The van der Waals surface area contributed by atoms with Crippen molar-refractivity contribution in [1.29, 1.82) is 0 Å². The van der Waals surface area contributed by atoms with Gasteiger partial charge in [-0.1, -0.05) is 0 Å². The van der Waals surface area contributed by atoms with E-state index in [-0.39, 0.29) is 12.2 Å². The van der Waals surface area contributed by atoms with E-state index in [0.29, 0.717) is 12.4 Å². The fourth-order valence-corrected chi connectivity index (χ4v) is 2.14. The van der Waals surface area contributed by atoms with E-state index in [1.54, 1.807) is 6.92 Å². The lowest BCUT2D eigenvalue weighted by Crippen LogP contribution is -2.46. The number of piperidine rings is 1. The molecule has 1 aliphatic rings. The Bertz CT molecular complexity index is 270. The standard InChI is InChI=1S/C10H21NO3.C5H10O2/c1-8(13)10(14)11-5-2-9(3-6-11)4-7-12;1-5(2,3)7-4-6/h8-10,12-14H,2-7H2,1H3;4H,1-3H3. The highest BCUT2D eigenvalue weighted by molar-refractivity contribution is 5.37. The van der Waals surface area contributed by atoms with Gasteiger partial charge in [0.15, 0.2) is 0 Å². The third kappa shape index (κ3) is 9.79. The topological polar surface area (TPSA) is 90.2 Å². The maximum atomic E-state index is 9.60. The summed E-state index contributed by atoms with van der Waals surface area (Å²) in [7, 11) is 0. The maximum Gasteiger partial charge on any atom is 0.293 e. The van der Waals surface area contributed by atoms with E-state index < -0.39 is 12.3 Å². The molecular formula is C15H31NO5. The average molecular weight is 305 g/mol. The molecule has 0 aliphatic carbocycles. The molecule has 1 fully saturated rings. The third-order valence-corrected chi connectivity index (χ3v) is 3.39. The molecule has 1 saturated heterocycles. The largest absolute Gasteiger partial charge is 0.462 e. The van der Waals surface area contributed by atoms with Crippen molar-refractivity contribution in [3.63, 3.8) is 0 Å². The van der Waals surface area contributed by atoms with Crippen molar-refractivity contribution in [1.82, 2.24) is 4.90 Å². The van der Waals surface area contributed by atoms with Gasteiger partial charge in [-0.05, 0) is 52.9 Å². The Balaban J connectivity index is 0.000000486. The van der Waals surface area contributed by atoms with E-state index in [4.69, 9.17) is 5.11 Å². The monoisotopic (exact) mass is 305 g/mol. The number of nitrogens with zero attached hydrogens (tertiary/aromatic N) is 1. The Morgan fingerprint density at radius 1 is 1.29 bits per heavy atom. The van der Waals surface area contributed by atoms with Gasteiger partial charge >= 0.3 is 0 Å². The van der Waals surface area contributed by atoms with Crippen LogP contribution >= 0.6 is 0 Å². The zero-order valence-corrected chi connectivity index (χ0v) is 13.7. The lowest BCUT2D eigenvalue weighted by Gasteiger charge is -2.35. The minimum absolute atomic E-state index is 0.254. The van der Waals surface area contributed by atoms with E-state index >= 15 is 0 Å². The molecule has 6 heteroatoms. The molecule has 126 valence electrons. The van der Waals surface area contributed by atoms with Gasteiger partial charge in [0.1, 0.15) is 11.8 Å². The second-order valence-corrected chi connectivity index (χ2v) is 6.47. The van der Waals surface area contributed by atoms with Crippen LogP contribution in [-0.4, -0.2) is 64.3 Å². The van der Waals surface area contributed by atoms with Crippen molar-refractivity contribution in [2.24, 2.45) is 5.92 Å². The molecule has 1 rings (SSSR count). The predicted octanol–water partition coefficient (Wildman–Crippen LogP) is 0.738. The Kier molecular flexibility index (Phi) is 9.77. The molecular weight excluding hydrogens is 274 g/mol. The van der Waals surface area contributed by atoms with Gasteiger partial charge in [-0.25, -0.2) is 0 Å². The first-order valence-electron chi connectivity index (χ1n) is 7.53. The smallest absolute Gasteiger partial charge is 0.293 e. The van der Waals surface area contributed by atoms with Crippen LogP contribution in [0.1, 0.15) is 47.0 Å². The summed E-state index contributed by atoms with van der Waals surface area (Å²) in [6.45, 7) is 9.41. The molecule has 0 aromatic carbocycles. The Morgan fingerprint density at radius 3 is 2.10 bits per heavy atom. The second-order valence-electron chi connectivity index (χ2n) is 6.47. The number of hydrogen-bond donors (Lipinski definition) is 3. The van der Waals surface area contributed by atoms with Crippen molar-refractivity contribution >= 4 is 6.47 Å². The Morgan fingerprint density at radius 2 is 1.81 bits per heavy atom. The molecule has 1 heterocycles. The molecule has 1 aliphatic heterocycles. The fraction of sp³-hybridized carbons (Fsp3) is 0.933. The van der Waals surface area contributed by atoms with Crippen LogP contribution in [0, 0.1) is 5.92 Å². The van der Waals surface area contributed by atoms with Gasteiger partial charge < -0.3 is 20.1 Å². The van der Waals surface area contributed by atoms with Gasteiger partial charge in [-0.3, -0.25) is 9.69 Å². The van der Waals surface area contributed by atoms with Crippen molar-refractivity contribution in [2.45, 2.75) is 64.9 Å². The van der Waals surface area contributed by atoms with Crippen molar-refractivity contribution < 1.29 is 24.9 Å². The van der Waals surface area contributed by atoms with Gasteiger partial charge in [0.05, 0.1) is 6.10 Å². The first-order chi connectivity index (χ1) is 9.71. The number of ether oxygens (including phenoxy) is 1. The summed E-state index contributed by atoms with van der Waals surface area (Å²) < 4.78 is 4.55. The van der Waals surface area contributed by atoms with Crippen molar-refractivity contribution in [3.05, 3.63) is 0 Å². The number of carbonyl (C=O) groups is 1. The molecule has 3 N–H and O–H groups in total. The minimum Gasteiger partial charge on any atom is -0.462 e. The first kappa shape index (κ1) is 20.3. The van der Waals surface area contributed by atoms with Crippen LogP contribution in [0.3, 0.4) is 0 Å². The summed E-state index contributed by atoms with van der Waals surface area (Å²) >= 11 is 0. The van der Waals surface area contributed by atoms with Crippen LogP contribution in [0.15, 0.2) is 0 Å². The zero-order valence-electron chi connectivity index (χ0n) is 13.7. The summed E-state index contributed by atoms with van der Waals surface area (Å²) in [5, 5.41) is 27.6. The van der Waals surface area contributed by atoms with Crippen molar-refractivity contribution in [2.75, 3.05) is 19.7 Å². The normalized spacial score (nSPS) is 20.1. The molecule has 0 spiro atoms. The average Bonchev–Trinajstić information content (AvgIpc) is 2.38. The van der Waals surface area contributed by atoms with E-state index in [0.717, 1.165) is 32.4 Å². The molecule has 0 aromatic heterocycles. The summed E-state index contributed by atoms with van der Waals surface area (Å²) in [6, 6.07) is 0. The summed E-state index contributed by atoms with van der Waals surface area (Å²) in [5.74, 6) is 0.581. The van der Waals surface area contributed by atoms with Gasteiger partial charge in [0.25, 0.3) is 6.47 Å². The Hall–Kier alpha value is -0.690. The van der Waals surface area contributed by atoms with Gasteiger partial charge in [0, 0.05) is 19.7 Å². The van der Waals surface area contributed by atoms with E-state index in [9.17, 15) is 15.0 Å². The molecule has 0 saturated carbocycles. The van der Waals surface area contributed by atoms with E-state index in [1.165, 1.54) is 0 Å². The zero-order chi connectivity index (χ0) is 16.5. The van der Waals surface area contributed by atoms with E-state index in [1.807, 2.05) is 25.7 Å². The summed E-state index contributed by atoms with van der Waals surface area (Å²) in [6.07, 6.45) is 1.45. The van der Waals surface area contributed by atoms with Crippen LogP contribution < -0.4 is 0 Å². The molecule has 0 bridgehead atoms. The number of likely N-dealkylation sites (tertiary alicyclic amines) is 1. The molecule has 0 aromatic rings. The van der Waals surface area contributed by atoms with Gasteiger partial charge in [-0.2, -0.15) is 0 Å². The SMILES string of the molecule is CC(C)(C)OC=O.CC(O)C(O)N1CCC(CCO)CC1. The highest BCUT2D eigenvalue weighted by atomic mass is 16.5. The molecule has 6 nitrogen and oxygen atoms in total. The number of hydrogen-bond acceptors (Lipinski definition) is 6. The lowest BCUT2D eigenvalue weighted by molar-refractivity contribution is -0.138. The molecule has 0 radical (unpaired) electrons. The highest BCUT2D eigenvalue weighted by Crippen LogP contribution is 2.21. The minimum atomic E-state index is -0.731. The summed E-state index contributed by atoms with van der Waals surface area (Å²) in [4.78, 5) is 11.5. The number of aliphatic hydroxyl groups is 3. The quantitative estimate of drug-likeness (QED) is 0.649. The van der Waals surface area contributed by atoms with Gasteiger partial charge in [-0.15, -0.1) is 0 Å². The lowest BCUT2D eigenvalue weighted by atomic mass is 9.93. The second kappa shape index (κ2) is 10.1. The number of rotatable bonds is 5. The molecule has 2 atom stereocenters. The Labute approximate surface area is 127 Å². The van der Waals surface area contributed by atoms with Crippen molar-refractivity contribution in [3.8, 4) is 0 Å². The fourth-order valence-electron chi connectivity index (χ4n) is 2.14. The van der Waals surface area contributed by atoms with Crippen LogP contribution in [-0.2, 0) is 9.53 Å². The maximum absolute atomic E-state index is 9.60. The van der Waals surface area contributed by atoms with Crippen LogP contribution in [0.25, 0.3) is 0 Å². The molecule has 0 amide bonds. The number of carbonyl (C=O) groups excluding carboxylic acids is 1. The third-order valence-electron chi connectivity index (χ3n) is 3.39. The predicted molar refractivity (Wildman–Crippen MR) is 80.6 cm³/mol. The van der Waals surface area contributed by atoms with E-state index in [2.05, 4.69) is 4.74 Å². The van der Waals surface area contributed by atoms with Crippen LogP contribution in [0.5, 0.6) is 0 Å². The number of aliphatic hydroxyl groups excluding tert-OH is 3. The first-order valence-corrected chi connectivity index (χ1v) is 7.53. The molecule has 2 unspecified atom stereocenters. The van der Waals surface area contributed by atoms with Gasteiger partial charge in [0.2, 0.25) is 0 Å². The van der Waals surface area contributed by atoms with Crippen LogP contribution in [0.4, 0.5) is 0 Å². The highest BCUT2D eigenvalue weighted by Gasteiger charge is 2.25. The van der Waals surface area contributed by atoms with Crippen LogP contribution in [0.2, 0.25) is 0 Å². The molecule has 21 heavy (non-hydrogen) atoms.